The molecule has 3 heterocycles. The first-order valence-corrected chi connectivity index (χ1v) is 13.1. The number of hydrogen-bond donors (Lipinski definition) is 1. The summed E-state index contributed by atoms with van der Waals surface area (Å²) in [6.45, 7) is 8.66. The van der Waals surface area contributed by atoms with Gasteiger partial charge in [-0.15, -0.1) is 0 Å². The lowest BCUT2D eigenvalue weighted by Crippen LogP contribution is -2.57. The molecule has 1 aromatic carbocycles. The lowest BCUT2D eigenvalue weighted by molar-refractivity contribution is -0.140. The Labute approximate surface area is 207 Å². The number of Topliss-reactive ketones (excluding diaryl/α,β-unsaturated/α-hetero) is 1. The minimum absolute atomic E-state index is 0.0335. The Bertz CT molecular complexity index is 966. The second-order valence-electron chi connectivity index (χ2n) is 11.3. The first-order chi connectivity index (χ1) is 16.8. The van der Waals surface area contributed by atoms with E-state index < -0.39 is 12.1 Å². The Balaban J connectivity index is 1.33. The van der Waals surface area contributed by atoms with Crippen LogP contribution in [0.2, 0.25) is 0 Å². The molecule has 1 aromatic rings. The van der Waals surface area contributed by atoms with Crippen molar-refractivity contribution in [2.45, 2.75) is 57.7 Å². The van der Waals surface area contributed by atoms with Crippen LogP contribution in [0.25, 0.3) is 0 Å². The number of carbonyl (C=O) groups excluding carboxylic acids is 3. The zero-order chi connectivity index (χ0) is 24.7. The van der Waals surface area contributed by atoms with E-state index in [9.17, 15) is 14.4 Å². The molecule has 8 nitrogen and oxygen atoms in total. The van der Waals surface area contributed by atoms with Crippen LogP contribution in [0, 0.1) is 11.3 Å². The number of anilines is 1. The van der Waals surface area contributed by atoms with Crippen LogP contribution in [0.15, 0.2) is 24.3 Å². The van der Waals surface area contributed by atoms with Gasteiger partial charge in [-0.1, -0.05) is 26.7 Å². The van der Waals surface area contributed by atoms with E-state index in [0.717, 1.165) is 57.5 Å². The quantitative estimate of drug-likeness (QED) is 0.691. The van der Waals surface area contributed by atoms with Gasteiger partial charge in [0.25, 0.3) is 5.91 Å². The molecule has 2 amide bonds. The number of likely N-dealkylation sites (tertiary alicyclic amines) is 1. The summed E-state index contributed by atoms with van der Waals surface area (Å²) in [6, 6.07) is 6.51. The molecule has 35 heavy (non-hydrogen) atoms. The number of hydrogen-bond acceptors (Lipinski definition) is 6. The van der Waals surface area contributed by atoms with Crippen molar-refractivity contribution in [1.82, 2.24) is 15.1 Å². The van der Waals surface area contributed by atoms with E-state index in [1.54, 1.807) is 4.90 Å². The molecule has 0 bridgehead atoms. The number of fused-ring (bicyclic) bond motifs is 1. The second kappa shape index (κ2) is 9.54. The Kier molecular flexibility index (Phi) is 6.61. The molecule has 1 N–H and O–H groups in total. The minimum Gasteiger partial charge on any atom is -0.369 e. The number of likely N-dealkylation sites (N-methyl/N-ethyl adjacent to an activating group) is 1. The van der Waals surface area contributed by atoms with E-state index in [2.05, 4.69) is 29.1 Å². The maximum atomic E-state index is 13.9. The molecule has 3 aliphatic heterocycles. The highest BCUT2D eigenvalue weighted by molar-refractivity contribution is 5.99. The van der Waals surface area contributed by atoms with Crippen LogP contribution in [-0.2, 0) is 14.3 Å². The van der Waals surface area contributed by atoms with E-state index in [-0.39, 0.29) is 41.6 Å². The lowest BCUT2D eigenvalue weighted by Gasteiger charge is -2.37. The van der Waals surface area contributed by atoms with Crippen LogP contribution in [-0.4, -0.2) is 92.0 Å². The molecule has 4 fully saturated rings. The highest BCUT2D eigenvalue weighted by atomic mass is 16.5. The molecule has 4 atom stereocenters. The summed E-state index contributed by atoms with van der Waals surface area (Å²) < 4.78 is 5.69. The summed E-state index contributed by atoms with van der Waals surface area (Å²) >= 11 is 0. The van der Waals surface area contributed by atoms with Gasteiger partial charge in [-0.05, 0) is 49.6 Å². The molecule has 5 rings (SSSR count). The molecular weight excluding hydrogens is 444 g/mol. The van der Waals surface area contributed by atoms with Crippen LogP contribution in [0.4, 0.5) is 5.69 Å². The fraction of sp³-hybridized carbons (Fsp3) is 0.667. The van der Waals surface area contributed by atoms with Crippen LogP contribution < -0.4 is 10.2 Å². The molecule has 0 radical (unpaired) electrons. The van der Waals surface area contributed by atoms with Crippen molar-refractivity contribution in [2.24, 2.45) is 11.3 Å². The average Bonchev–Trinajstić information content (AvgIpc) is 3.55. The predicted octanol–water partition coefficient (Wildman–Crippen LogP) is 1.93. The fourth-order valence-corrected chi connectivity index (χ4v) is 6.39. The van der Waals surface area contributed by atoms with Crippen LogP contribution in [0.3, 0.4) is 0 Å². The van der Waals surface area contributed by atoms with Gasteiger partial charge in [0.15, 0.2) is 5.78 Å². The molecule has 3 saturated heterocycles. The first-order valence-electron chi connectivity index (χ1n) is 13.1. The number of nitrogens with zero attached hydrogens (tertiary/aromatic N) is 3. The summed E-state index contributed by atoms with van der Waals surface area (Å²) in [6.07, 6.45) is 3.61. The van der Waals surface area contributed by atoms with Crippen molar-refractivity contribution >= 4 is 23.3 Å². The Morgan fingerprint density at radius 1 is 1.09 bits per heavy atom. The maximum absolute atomic E-state index is 13.9. The molecule has 0 spiro atoms. The van der Waals surface area contributed by atoms with E-state index in [1.165, 1.54) is 0 Å². The normalized spacial score (nSPS) is 29.3. The zero-order valence-corrected chi connectivity index (χ0v) is 21.2. The third-order valence-electron chi connectivity index (χ3n) is 8.69. The monoisotopic (exact) mass is 482 g/mol. The number of carbonyl (C=O) groups is 3. The largest absolute Gasteiger partial charge is 0.369 e. The predicted molar refractivity (Wildman–Crippen MR) is 133 cm³/mol. The van der Waals surface area contributed by atoms with Crippen molar-refractivity contribution in [3.63, 3.8) is 0 Å². The van der Waals surface area contributed by atoms with Crippen molar-refractivity contribution in [3.8, 4) is 0 Å². The minimum atomic E-state index is -0.658. The third kappa shape index (κ3) is 4.58. The molecule has 1 saturated carbocycles. The van der Waals surface area contributed by atoms with Gasteiger partial charge in [0.05, 0.1) is 6.10 Å². The summed E-state index contributed by atoms with van der Waals surface area (Å²) in [4.78, 5) is 46.2. The number of piperazine rings is 1. The number of ether oxygens (including phenoxy) is 1. The number of rotatable bonds is 5. The van der Waals surface area contributed by atoms with Crippen LogP contribution in [0.1, 0.15) is 49.9 Å². The molecule has 1 unspecified atom stereocenters. The lowest BCUT2D eigenvalue weighted by atomic mass is 9.79. The van der Waals surface area contributed by atoms with E-state index in [4.69, 9.17) is 4.74 Å². The van der Waals surface area contributed by atoms with Crippen molar-refractivity contribution < 1.29 is 19.1 Å². The number of ketones is 1. The van der Waals surface area contributed by atoms with E-state index in [0.29, 0.717) is 12.1 Å². The van der Waals surface area contributed by atoms with E-state index in [1.807, 2.05) is 31.2 Å². The van der Waals surface area contributed by atoms with Gasteiger partial charge in [-0.25, -0.2) is 0 Å². The molecule has 8 heteroatoms. The van der Waals surface area contributed by atoms with Gasteiger partial charge in [0.1, 0.15) is 18.7 Å². The summed E-state index contributed by atoms with van der Waals surface area (Å²) in [5.41, 5.74) is 1.34. The fourth-order valence-electron chi connectivity index (χ4n) is 6.39. The van der Waals surface area contributed by atoms with Gasteiger partial charge in [0.2, 0.25) is 5.91 Å². The van der Waals surface area contributed by atoms with Crippen molar-refractivity contribution in [3.05, 3.63) is 29.8 Å². The molecule has 190 valence electrons. The van der Waals surface area contributed by atoms with Gasteiger partial charge in [0, 0.05) is 49.9 Å². The SMILES string of the molecule is C[C@H]1CN(C(=O)C(NC(=O)c2ccc(N3CCN(C)CC3)cc2)C2(C)CCCC2)[C@@H]2C(=O)CO[C@@H]21. The maximum Gasteiger partial charge on any atom is 0.251 e. The molecule has 1 aliphatic carbocycles. The highest BCUT2D eigenvalue weighted by Crippen LogP contribution is 2.42. The molecule has 0 aromatic heterocycles. The number of nitrogens with one attached hydrogen (secondary N) is 1. The van der Waals surface area contributed by atoms with Gasteiger partial charge < -0.3 is 24.8 Å². The van der Waals surface area contributed by atoms with Crippen LogP contribution in [0.5, 0.6) is 0 Å². The summed E-state index contributed by atoms with van der Waals surface area (Å²) in [7, 11) is 2.13. The summed E-state index contributed by atoms with van der Waals surface area (Å²) in [5.74, 6) is -0.312. The highest BCUT2D eigenvalue weighted by Gasteiger charge is 2.54. The first kappa shape index (κ1) is 24.3. The molecular formula is C27H38N4O4. The Morgan fingerprint density at radius 3 is 2.40 bits per heavy atom. The topological polar surface area (TPSA) is 82.2 Å². The van der Waals surface area contributed by atoms with Gasteiger partial charge >= 0.3 is 0 Å². The molecule has 4 aliphatic rings. The van der Waals surface area contributed by atoms with Gasteiger partial charge in [-0.3, -0.25) is 14.4 Å². The Morgan fingerprint density at radius 2 is 1.74 bits per heavy atom. The van der Waals surface area contributed by atoms with Crippen molar-refractivity contribution in [2.75, 3.05) is 51.3 Å². The zero-order valence-electron chi connectivity index (χ0n) is 21.2. The third-order valence-corrected chi connectivity index (χ3v) is 8.69. The second-order valence-corrected chi connectivity index (χ2v) is 11.3. The summed E-state index contributed by atoms with van der Waals surface area (Å²) in [5, 5.41) is 3.10. The van der Waals surface area contributed by atoms with Gasteiger partial charge in [-0.2, -0.15) is 0 Å². The Hall–Kier alpha value is -2.45. The number of amides is 2. The van der Waals surface area contributed by atoms with E-state index >= 15 is 0 Å². The smallest absolute Gasteiger partial charge is 0.251 e. The van der Waals surface area contributed by atoms with Crippen LogP contribution >= 0.6 is 0 Å². The standard InChI is InChI=1S/C27H38N4O4/c1-18-16-31(22-21(32)17-35-23(18)22)26(34)24(27(2)10-4-5-11-27)28-25(33)19-6-8-20(9-7-19)30-14-12-29(3)13-15-30/h6-9,18,22-24H,4-5,10-17H2,1-3H3,(H,28,33)/t18-,22+,23+,24?/m0/s1. The number of benzene rings is 1. The average molecular weight is 483 g/mol. The van der Waals surface area contributed by atoms with Crippen molar-refractivity contribution in [1.29, 1.82) is 0 Å².